The fourth-order valence-electron chi connectivity index (χ4n) is 2.87. The lowest BCUT2D eigenvalue weighted by atomic mass is 9.85. The van der Waals surface area contributed by atoms with Crippen LogP contribution in [0.4, 0.5) is 0 Å². The Balaban J connectivity index is 2.43. The van der Waals surface area contributed by atoms with Crippen molar-refractivity contribution in [2.75, 3.05) is 13.1 Å². The molecule has 1 aliphatic rings. The Labute approximate surface area is 107 Å². The molecule has 0 saturated carbocycles. The zero-order valence-electron chi connectivity index (χ0n) is 10.7. The molecule has 1 heterocycles. The van der Waals surface area contributed by atoms with Gasteiger partial charge in [-0.15, -0.1) is 0 Å². The highest BCUT2D eigenvalue weighted by Crippen LogP contribution is 2.35. The molecule has 1 unspecified atom stereocenters. The van der Waals surface area contributed by atoms with Crippen molar-refractivity contribution in [3.8, 4) is 0 Å². The molecule has 18 heavy (non-hydrogen) atoms. The van der Waals surface area contributed by atoms with Gasteiger partial charge < -0.3 is 10.8 Å². The first-order chi connectivity index (χ1) is 8.61. The molecule has 1 fully saturated rings. The van der Waals surface area contributed by atoms with E-state index in [1.165, 1.54) is 0 Å². The Morgan fingerprint density at radius 2 is 2.17 bits per heavy atom. The van der Waals surface area contributed by atoms with E-state index in [9.17, 15) is 9.90 Å². The summed E-state index contributed by atoms with van der Waals surface area (Å²) < 4.78 is 0. The van der Waals surface area contributed by atoms with Crippen molar-refractivity contribution >= 4 is 5.97 Å². The average Bonchev–Trinajstić information content (AvgIpc) is 2.79. The summed E-state index contributed by atoms with van der Waals surface area (Å²) in [6.07, 6.45) is 1.40. The second-order valence-corrected chi connectivity index (χ2v) is 4.88. The van der Waals surface area contributed by atoms with Crippen LogP contribution in [-0.2, 0) is 10.3 Å². The van der Waals surface area contributed by atoms with E-state index in [0.717, 1.165) is 18.5 Å². The van der Waals surface area contributed by atoms with Crippen LogP contribution in [0.5, 0.6) is 0 Å². The van der Waals surface area contributed by atoms with Gasteiger partial charge in [0.25, 0.3) is 0 Å². The number of benzene rings is 1. The number of hydrogen-bond acceptors (Lipinski definition) is 3. The van der Waals surface area contributed by atoms with Gasteiger partial charge in [0.1, 0.15) is 5.54 Å². The monoisotopic (exact) mass is 248 g/mol. The molecule has 4 nitrogen and oxygen atoms in total. The normalized spacial score (nSPS) is 23.8. The highest BCUT2D eigenvalue weighted by atomic mass is 16.4. The van der Waals surface area contributed by atoms with Crippen molar-refractivity contribution in [2.45, 2.75) is 31.3 Å². The first-order valence-corrected chi connectivity index (χ1v) is 6.40. The third-order valence-electron chi connectivity index (χ3n) is 3.88. The van der Waals surface area contributed by atoms with Crippen molar-refractivity contribution in [3.63, 3.8) is 0 Å². The molecule has 1 saturated heterocycles. The number of aliphatic carboxylic acids is 1. The maximum atomic E-state index is 11.9. The fraction of sp³-hybridized carbons (Fsp3) is 0.500. The van der Waals surface area contributed by atoms with Gasteiger partial charge in [-0.1, -0.05) is 37.3 Å². The second kappa shape index (κ2) is 5.08. The minimum absolute atomic E-state index is 0.0824. The van der Waals surface area contributed by atoms with Gasteiger partial charge in [0.15, 0.2) is 0 Å². The third kappa shape index (κ3) is 2.02. The van der Waals surface area contributed by atoms with Crippen LogP contribution in [0.15, 0.2) is 30.3 Å². The molecular formula is C14H20N2O2. The van der Waals surface area contributed by atoms with Gasteiger partial charge in [-0.2, -0.15) is 0 Å². The van der Waals surface area contributed by atoms with Crippen LogP contribution in [0.2, 0.25) is 0 Å². The maximum Gasteiger partial charge on any atom is 0.328 e. The van der Waals surface area contributed by atoms with Crippen LogP contribution in [0, 0.1) is 0 Å². The number of carboxylic acid groups (broad SMARTS) is 1. The van der Waals surface area contributed by atoms with E-state index in [0.29, 0.717) is 13.0 Å². The Bertz CT molecular complexity index is 421. The van der Waals surface area contributed by atoms with Crippen LogP contribution < -0.4 is 5.73 Å². The van der Waals surface area contributed by atoms with E-state index >= 15 is 0 Å². The van der Waals surface area contributed by atoms with E-state index in [1.807, 2.05) is 42.2 Å². The minimum atomic E-state index is -0.935. The van der Waals surface area contributed by atoms with Crippen LogP contribution >= 0.6 is 0 Å². The molecule has 0 amide bonds. The summed E-state index contributed by atoms with van der Waals surface area (Å²) >= 11 is 0. The molecular weight excluding hydrogens is 228 g/mol. The highest BCUT2D eigenvalue weighted by Gasteiger charge is 2.46. The quantitative estimate of drug-likeness (QED) is 0.845. The van der Waals surface area contributed by atoms with Crippen molar-refractivity contribution in [1.29, 1.82) is 0 Å². The van der Waals surface area contributed by atoms with Crippen molar-refractivity contribution < 1.29 is 9.90 Å². The average molecular weight is 248 g/mol. The number of carbonyl (C=O) groups is 1. The highest BCUT2D eigenvalue weighted by molar-refractivity contribution is 5.80. The Hall–Kier alpha value is -1.39. The fourth-order valence-corrected chi connectivity index (χ4v) is 2.87. The van der Waals surface area contributed by atoms with Gasteiger partial charge in [-0.25, -0.2) is 4.79 Å². The maximum absolute atomic E-state index is 11.9. The molecule has 98 valence electrons. The summed E-state index contributed by atoms with van der Waals surface area (Å²) in [5.74, 6) is -0.787. The minimum Gasteiger partial charge on any atom is -0.480 e. The molecule has 0 aliphatic carbocycles. The smallest absolute Gasteiger partial charge is 0.328 e. The predicted octanol–water partition coefficient (Wildman–Crippen LogP) is 1.41. The summed E-state index contributed by atoms with van der Waals surface area (Å²) in [5, 5.41) is 9.74. The molecule has 0 radical (unpaired) electrons. The van der Waals surface area contributed by atoms with Crippen molar-refractivity contribution in [3.05, 3.63) is 35.9 Å². The van der Waals surface area contributed by atoms with Crippen LogP contribution in [0.3, 0.4) is 0 Å². The van der Waals surface area contributed by atoms with E-state index in [1.54, 1.807) is 0 Å². The van der Waals surface area contributed by atoms with E-state index in [-0.39, 0.29) is 6.04 Å². The summed E-state index contributed by atoms with van der Waals surface area (Å²) in [7, 11) is 0. The van der Waals surface area contributed by atoms with Crippen molar-refractivity contribution in [1.82, 2.24) is 4.90 Å². The topological polar surface area (TPSA) is 66.6 Å². The molecule has 2 rings (SSSR count). The predicted molar refractivity (Wildman–Crippen MR) is 70.2 cm³/mol. The van der Waals surface area contributed by atoms with Gasteiger partial charge >= 0.3 is 5.97 Å². The first kappa shape index (κ1) is 13.1. The van der Waals surface area contributed by atoms with E-state index in [2.05, 4.69) is 0 Å². The number of hydrogen-bond donors (Lipinski definition) is 2. The Kier molecular flexibility index (Phi) is 3.68. The Morgan fingerprint density at radius 1 is 1.50 bits per heavy atom. The van der Waals surface area contributed by atoms with Gasteiger partial charge in [0.2, 0.25) is 0 Å². The summed E-state index contributed by atoms with van der Waals surface area (Å²) in [6, 6.07) is 9.54. The van der Waals surface area contributed by atoms with Gasteiger partial charge in [-0.05, 0) is 18.4 Å². The summed E-state index contributed by atoms with van der Waals surface area (Å²) in [5.41, 5.74) is 5.83. The molecule has 1 aromatic carbocycles. The number of nitrogens with two attached hydrogens (primary N) is 1. The molecule has 4 heteroatoms. The number of nitrogens with zero attached hydrogens (tertiary/aromatic N) is 1. The first-order valence-electron chi connectivity index (χ1n) is 6.40. The van der Waals surface area contributed by atoms with E-state index < -0.39 is 11.5 Å². The summed E-state index contributed by atoms with van der Waals surface area (Å²) in [6.45, 7) is 3.32. The molecule has 1 aromatic rings. The van der Waals surface area contributed by atoms with Crippen molar-refractivity contribution in [2.24, 2.45) is 5.73 Å². The lowest BCUT2D eigenvalue weighted by molar-refractivity contribution is -0.152. The molecule has 2 atom stereocenters. The zero-order valence-corrected chi connectivity index (χ0v) is 10.7. The lowest BCUT2D eigenvalue weighted by Crippen LogP contribution is -2.51. The number of likely N-dealkylation sites (tertiary alicyclic amines) is 1. The zero-order chi connectivity index (χ0) is 13.2. The SMILES string of the molecule is CCC(C(=O)O)(c1ccccc1)N1CC[C@@H](N)C1. The molecule has 0 bridgehead atoms. The third-order valence-corrected chi connectivity index (χ3v) is 3.88. The van der Waals surface area contributed by atoms with Crippen LogP contribution in [0.25, 0.3) is 0 Å². The molecule has 3 N–H and O–H groups in total. The van der Waals surface area contributed by atoms with Gasteiger partial charge in [-0.3, -0.25) is 4.90 Å². The summed E-state index contributed by atoms with van der Waals surface area (Å²) in [4.78, 5) is 13.9. The molecule has 0 aromatic heterocycles. The standard InChI is InChI=1S/C14H20N2O2/c1-2-14(13(17)18,11-6-4-3-5-7-11)16-9-8-12(15)10-16/h3-7,12H,2,8-10,15H2,1H3,(H,17,18)/t12-,14?/m1/s1. The number of rotatable bonds is 4. The Morgan fingerprint density at radius 3 is 2.61 bits per heavy atom. The molecule has 0 spiro atoms. The van der Waals surface area contributed by atoms with Crippen LogP contribution in [-0.4, -0.2) is 35.1 Å². The largest absolute Gasteiger partial charge is 0.480 e. The number of carboxylic acids is 1. The van der Waals surface area contributed by atoms with Gasteiger partial charge in [0, 0.05) is 19.1 Å². The van der Waals surface area contributed by atoms with Crippen LogP contribution in [0.1, 0.15) is 25.3 Å². The van der Waals surface area contributed by atoms with E-state index in [4.69, 9.17) is 5.73 Å². The molecule has 1 aliphatic heterocycles. The lowest BCUT2D eigenvalue weighted by Gasteiger charge is -2.38. The second-order valence-electron chi connectivity index (χ2n) is 4.88. The van der Waals surface area contributed by atoms with Gasteiger partial charge in [0.05, 0.1) is 0 Å².